The van der Waals surface area contributed by atoms with Crippen LogP contribution in [0.1, 0.15) is 22.7 Å². The molecule has 0 aliphatic carbocycles. The Morgan fingerprint density at radius 2 is 1.94 bits per heavy atom. The molecule has 166 valence electrons. The van der Waals surface area contributed by atoms with Gasteiger partial charge < -0.3 is 14.7 Å². The maximum Gasteiger partial charge on any atom is 0.295 e. The number of benzene rings is 2. The van der Waals surface area contributed by atoms with Gasteiger partial charge in [-0.1, -0.05) is 58.9 Å². The number of hydrogen-bond donors (Lipinski definition) is 1. The Bertz CT molecular complexity index is 1220. The van der Waals surface area contributed by atoms with E-state index in [2.05, 4.69) is 27.5 Å². The number of carbonyl (C=O) groups is 2. The molecular formula is C26H21BrN2O4. The fraction of sp³-hybridized carbons (Fsp3) is 0.115. The third kappa shape index (κ3) is 4.73. The van der Waals surface area contributed by atoms with E-state index in [0.29, 0.717) is 23.5 Å². The molecule has 7 heteroatoms. The van der Waals surface area contributed by atoms with Gasteiger partial charge in [0, 0.05) is 29.0 Å². The van der Waals surface area contributed by atoms with Gasteiger partial charge in [-0.15, -0.1) is 0 Å². The predicted octanol–water partition coefficient (Wildman–Crippen LogP) is 5.03. The number of amides is 1. The molecule has 1 aliphatic heterocycles. The third-order valence-electron chi connectivity index (χ3n) is 5.28. The SMILES string of the molecule is C=CCOc1cccc(C2/C(=C(\O)c3ccc(Br)cc3)C(=O)C(=O)N2Cc2cccnc2)c1. The van der Waals surface area contributed by atoms with E-state index in [1.54, 1.807) is 67.0 Å². The van der Waals surface area contributed by atoms with Crippen molar-refractivity contribution in [3.05, 3.63) is 112 Å². The molecule has 33 heavy (non-hydrogen) atoms. The highest BCUT2D eigenvalue weighted by Crippen LogP contribution is 2.41. The highest BCUT2D eigenvalue weighted by molar-refractivity contribution is 9.10. The van der Waals surface area contributed by atoms with E-state index in [9.17, 15) is 14.7 Å². The lowest BCUT2D eigenvalue weighted by molar-refractivity contribution is -0.140. The summed E-state index contributed by atoms with van der Waals surface area (Å²) in [5.74, 6) is -1.07. The number of carbonyl (C=O) groups excluding carboxylic acids is 2. The van der Waals surface area contributed by atoms with Crippen LogP contribution in [-0.2, 0) is 16.1 Å². The molecule has 0 bridgehead atoms. The van der Waals surface area contributed by atoms with Gasteiger partial charge >= 0.3 is 0 Å². The number of rotatable bonds is 7. The smallest absolute Gasteiger partial charge is 0.295 e. The van der Waals surface area contributed by atoms with Crippen LogP contribution in [0.2, 0.25) is 0 Å². The first-order chi connectivity index (χ1) is 16.0. The van der Waals surface area contributed by atoms with Crippen molar-refractivity contribution < 1.29 is 19.4 Å². The molecule has 1 amide bonds. The summed E-state index contributed by atoms with van der Waals surface area (Å²) in [6, 6.07) is 16.9. The zero-order chi connectivity index (χ0) is 23.4. The van der Waals surface area contributed by atoms with Crippen molar-refractivity contribution >= 4 is 33.4 Å². The van der Waals surface area contributed by atoms with E-state index in [0.717, 1.165) is 10.0 Å². The summed E-state index contributed by atoms with van der Waals surface area (Å²) < 4.78 is 6.49. The number of aliphatic hydroxyl groups excluding tert-OH is 1. The average Bonchev–Trinajstić information content (AvgIpc) is 3.08. The fourth-order valence-corrected chi connectivity index (χ4v) is 4.04. The lowest BCUT2D eigenvalue weighted by Gasteiger charge is -2.25. The summed E-state index contributed by atoms with van der Waals surface area (Å²) in [6.45, 7) is 4.14. The number of nitrogens with zero attached hydrogens (tertiary/aromatic N) is 2. The van der Waals surface area contributed by atoms with Crippen LogP contribution in [0.5, 0.6) is 5.75 Å². The second-order valence-electron chi connectivity index (χ2n) is 7.47. The van der Waals surface area contributed by atoms with Crippen LogP contribution in [0, 0.1) is 0 Å². The lowest BCUT2D eigenvalue weighted by Crippen LogP contribution is -2.29. The Balaban J connectivity index is 1.84. The molecule has 1 aromatic heterocycles. The molecule has 1 unspecified atom stereocenters. The summed E-state index contributed by atoms with van der Waals surface area (Å²) in [6.07, 6.45) is 4.92. The number of Topliss-reactive ketones (excluding diaryl/α,β-unsaturated/α-hetero) is 1. The number of aromatic nitrogens is 1. The maximum atomic E-state index is 13.1. The first-order valence-corrected chi connectivity index (χ1v) is 11.1. The van der Waals surface area contributed by atoms with Gasteiger partial charge in [-0.05, 0) is 41.5 Å². The van der Waals surface area contributed by atoms with Crippen molar-refractivity contribution in [3.63, 3.8) is 0 Å². The minimum absolute atomic E-state index is 0.0343. The molecule has 6 nitrogen and oxygen atoms in total. The molecule has 0 saturated carbocycles. The first kappa shape index (κ1) is 22.5. The van der Waals surface area contributed by atoms with E-state index >= 15 is 0 Å². The molecule has 2 aromatic carbocycles. The average molecular weight is 505 g/mol. The monoisotopic (exact) mass is 504 g/mol. The molecule has 0 radical (unpaired) electrons. The second-order valence-corrected chi connectivity index (χ2v) is 8.38. The molecule has 1 N–H and O–H groups in total. The Labute approximate surface area is 200 Å². The molecule has 1 fully saturated rings. The number of halogens is 1. The van der Waals surface area contributed by atoms with Crippen LogP contribution in [-0.4, -0.2) is 33.3 Å². The fourth-order valence-electron chi connectivity index (χ4n) is 3.77. The number of pyridine rings is 1. The number of aliphatic hydroxyl groups is 1. The Morgan fingerprint density at radius 1 is 1.15 bits per heavy atom. The Morgan fingerprint density at radius 3 is 2.64 bits per heavy atom. The second kappa shape index (κ2) is 9.83. The molecule has 4 rings (SSSR count). The van der Waals surface area contributed by atoms with E-state index in [4.69, 9.17) is 4.74 Å². The van der Waals surface area contributed by atoms with Crippen molar-refractivity contribution in [2.24, 2.45) is 0 Å². The van der Waals surface area contributed by atoms with Crippen LogP contribution in [0.4, 0.5) is 0 Å². The summed E-state index contributed by atoms with van der Waals surface area (Å²) in [7, 11) is 0. The largest absolute Gasteiger partial charge is 0.507 e. The minimum Gasteiger partial charge on any atom is -0.507 e. The van der Waals surface area contributed by atoms with E-state index in [1.165, 1.54) is 4.90 Å². The molecule has 3 aromatic rings. The molecule has 1 aliphatic rings. The summed E-state index contributed by atoms with van der Waals surface area (Å²) in [5, 5.41) is 11.1. The van der Waals surface area contributed by atoms with Crippen LogP contribution in [0.3, 0.4) is 0 Å². The van der Waals surface area contributed by atoms with Crippen LogP contribution in [0.25, 0.3) is 5.76 Å². The minimum atomic E-state index is -0.791. The highest BCUT2D eigenvalue weighted by atomic mass is 79.9. The molecule has 2 heterocycles. The van der Waals surface area contributed by atoms with Gasteiger partial charge in [-0.3, -0.25) is 14.6 Å². The van der Waals surface area contributed by atoms with Crippen LogP contribution >= 0.6 is 15.9 Å². The lowest BCUT2D eigenvalue weighted by atomic mass is 9.95. The number of hydrogen-bond acceptors (Lipinski definition) is 5. The van der Waals surface area contributed by atoms with Gasteiger partial charge in [0.1, 0.15) is 18.1 Å². The summed E-state index contributed by atoms with van der Waals surface area (Å²) >= 11 is 3.37. The van der Waals surface area contributed by atoms with Crippen molar-refractivity contribution in [3.8, 4) is 5.75 Å². The Hall–Kier alpha value is -3.71. The normalized spacial score (nSPS) is 17.2. The number of ketones is 1. The van der Waals surface area contributed by atoms with Gasteiger partial charge in [-0.2, -0.15) is 0 Å². The van der Waals surface area contributed by atoms with Crippen molar-refractivity contribution in [2.75, 3.05) is 6.61 Å². The van der Waals surface area contributed by atoms with E-state index in [-0.39, 0.29) is 17.9 Å². The molecule has 1 atom stereocenters. The van der Waals surface area contributed by atoms with Gasteiger partial charge in [0.2, 0.25) is 0 Å². The zero-order valence-electron chi connectivity index (χ0n) is 17.6. The summed E-state index contributed by atoms with van der Waals surface area (Å²) in [4.78, 5) is 31.8. The third-order valence-corrected chi connectivity index (χ3v) is 5.80. The van der Waals surface area contributed by atoms with Gasteiger partial charge in [0.15, 0.2) is 0 Å². The maximum absolute atomic E-state index is 13.1. The van der Waals surface area contributed by atoms with E-state index in [1.807, 2.05) is 12.1 Å². The van der Waals surface area contributed by atoms with Crippen LogP contribution in [0.15, 0.2) is 95.8 Å². The topological polar surface area (TPSA) is 79.7 Å². The van der Waals surface area contributed by atoms with Gasteiger partial charge in [-0.25, -0.2) is 0 Å². The van der Waals surface area contributed by atoms with Crippen molar-refractivity contribution in [2.45, 2.75) is 12.6 Å². The number of ether oxygens (including phenoxy) is 1. The highest BCUT2D eigenvalue weighted by Gasteiger charge is 2.46. The standard InChI is InChI=1S/C26H21BrN2O4/c1-2-13-33-21-7-3-6-19(14-21)23-22(24(30)18-8-10-20(27)11-9-18)25(31)26(32)29(23)16-17-5-4-12-28-15-17/h2-12,14-15,23,30H,1,13,16H2/b24-22+. The molecular weight excluding hydrogens is 484 g/mol. The molecule has 0 spiro atoms. The van der Waals surface area contributed by atoms with E-state index < -0.39 is 17.7 Å². The van der Waals surface area contributed by atoms with Crippen molar-refractivity contribution in [1.82, 2.24) is 9.88 Å². The number of likely N-dealkylation sites (tertiary alicyclic amines) is 1. The van der Waals surface area contributed by atoms with Gasteiger partial charge in [0.05, 0.1) is 11.6 Å². The van der Waals surface area contributed by atoms with Crippen molar-refractivity contribution in [1.29, 1.82) is 0 Å². The quantitative estimate of drug-likeness (QED) is 0.211. The molecule has 1 saturated heterocycles. The van der Waals surface area contributed by atoms with Crippen LogP contribution < -0.4 is 4.74 Å². The first-order valence-electron chi connectivity index (χ1n) is 10.3. The summed E-state index contributed by atoms with van der Waals surface area (Å²) in [5.41, 5.74) is 1.90. The predicted molar refractivity (Wildman–Crippen MR) is 128 cm³/mol. The van der Waals surface area contributed by atoms with Gasteiger partial charge in [0.25, 0.3) is 11.7 Å². The zero-order valence-corrected chi connectivity index (χ0v) is 19.2. The Kier molecular flexibility index (Phi) is 6.70.